The van der Waals surface area contributed by atoms with Gasteiger partial charge in [-0.2, -0.15) is 8.78 Å². The first-order chi connectivity index (χ1) is 12.7. The number of hydrogen-bond acceptors (Lipinski definition) is 5. The zero-order valence-electron chi connectivity index (χ0n) is 16.0. The number of amides is 1. The summed E-state index contributed by atoms with van der Waals surface area (Å²) in [6.07, 6.45) is -1.83. The molecule has 0 radical (unpaired) electrons. The molecular weight excluding hydrogens is 360 g/mol. The second-order valence-corrected chi connectivity index (χ2v) is 5.94. The molecule has 0 aliphatic carbocycles. The van der Waals surface area contributed by atoms with Gasteiger partial charge in [0.15, 0.2) is 0 Å². The number of ether oxygens (including phenoxy) is 3. The third-order valence-corrected chi connectivity index (χ3v) is 4.05. The van der Waals surface area contributed by atoms with Gasteiger partial charge in [0.05, 0.1) is 20.8 Å². The maximum absolute atomic E-state index is 12.5. The monoisotopic (exact) mass is 385 g/mol. The Kier molecular flexibility index (Phi) is 8.71. The van der Waals surface area contributed by atoms with Gasteiger partial charge in [-0.15, -0.1) is 0 Å². The lowest BCUT2D eigenvalue weighted by Gasteiger charge is -2.18. The van der Waals surface area contributed by atoms with Gasteiger partial charge in [-0.1, -0.05) is 6.92 Å². The molecule has 150 valence electrons. The number of nitrogens with zero attached hydrogens (tertiary/aromatic N) is 1. The van der Waals surface area contributed by atoms with Crippen molar-refractivity contribution in [3.05, 3.63) is 36.4 Å². The SMILES string of the molecule is C=C(F)F.CCOC(=O)C1C(=O)N(Cc2ccc(OC)cc2OC)CC1C. The van der Waals surface area contributed by atoms with Crippen LogP contribution in [0.1, 0.15) is 19.4 Å². The highest BCUT2D eigenvalue weighted by Gasteiger charge is 2.43. The minimum atomic E-state index is -1.83. The van der Waals surface area contributed by atoms with Crippen LogP contribution in [-0.4, -0.2) is 44.1 Å². The van der Waals surface area contributed by atoms with E-state index < -0.39 is 18.0 Å². The molecule has 27 heavy (non-hydrogen) atoms. The minimum Gasteiger partial charge on any atom is -0.497 e. The second kappa shape index (κ2) is 10.5. The van der Waals surface area contributed by atoms with Crippen LogP contribution in [0.15, 0.2) is 30.9 Å². The van der Waals surface area contributed by atoms with E-state index in [4.69, 9.17) is 14.2 Å². The van der Waals surface area contributed by atoms with E-state index in [1.165, 1.54) is 0 Å². The number of carbonyl (C=O) groups is 2. The number of hydrogen-bond donors (Lipinski definition) is 0. The molecule has 2 rings (SSSR count). The Balaban J connectivity index is 0.000000828. The van der Waals surface area contributed by atoms with Crippen molar-refractivity contribution in [2.75, 3.05) is 27.4 Å². The molecule has 0 bridgehead atoms. The summed E-state index contributed by atoms with van der Waals surface area (Å²) in [5.41, 5.74) is 0.873. The molecule has 1 aromatic carbocycles. The van der Waals surface area contributed by atoms with Crippen LogP contribution in [0.2, 0.25) is 0 Å². The molecule has 2 unspecified atom stereocenters. The van der Waals surface area contributed by atoms with Gasteiger partial charge >= 0.3 is 5.97 Å². The first kappa shape index (κ1) is 22.4. The van der Waals surface area contributed by atoms with Gasteiger partial charge < -0.3 is 19.1 Å². The molecule has 8 heteroatoms. The van der Waals surface area contributed by atoms with Crippen molar-refractivity contribution in [1.29, 1.82) is 0 Å². The molecule has 6 nitrogen and oxygen atoms in total. The molecule has 0 aromatic heterocycles. The van der Waals surface area contributed by atoms with Crippen LogP contribution in [0.4, 0.5) is 8.78 Å². The molecule has 2 atom stereocenters. The standard InChI is InChI=1S/C17H23NO5.C2H2F2/c1-5-23-17(20)15-11(2)9-18(16(15)19)10-12-6-7-13(21-3)8-14(12)22-4;1-2(3)4/h6-8,11,15H,5,9-10H2,1-4H3;1H2. The molecule has 0 saturated carbocycles. The van der Waals surface area contributed by atoms with Crippen molar-refractivity contribution < 1.29 is 32.6 Å². The molecule has 0 N–H and O–H groups in total. The highest BCUT2D eigenvalue weighted by molar-refractivity contribution is 5.99. The van der Waals surface area contributed by atoms with Crippen molar-refractivity contribution in [3.8, 4) is 11.5 Å². The number of methoxy groups -OCH3 is 2. The highest BCUT2D eigenvalue weighted by Crippen LogP contribution is 2.31. The molecule has 1 amide bonds. The third kappa shape index (κ3) is 6.23. The fourth-order valence-corrected chi connectivity index (χ4v) is 2.88. The number of benzene rings is 1. The van der Waals surface area contributed by atoms with Crippen LogP contribution >= 0.6 is 0 Å². The van der Waals surface area contributed by atoms with Crippen molar-refractivity contribution in [2.45, 2.75) is 20.4 Å². The predicted octanol–water partition coefficient (Wildman–Crippen LogP) is 3.26. The van der Waals surface area contributed by atoms with Crippen molar-refractivity contribution in [2.24, 2.45) is 11.8 Å². The Morgan fingerprint density at radius 2 is 1.93 bits per heavy atom. The van der Waals surface area contributed by atoms with Crippen LogP contribution < -0.4 is 9.47 Å². The molecule has 1 saturated heterocycles. The smallest absolute Gasteiger partial charge is 0.318 e. The number of halogens is 2. The predicted molar refractivity (Wildman–Crippen MR) is 95.6 cm³/mol. The lowest BCUT2D eigenvalue weighted by atomic mass is 9.98. The van der Waals surface area contributed by atoms with E-state index in [-0.39, 0.29) is 18.4 Å². The third-order valence-electron chi connectivity index (χ3n) is 4.05. The van der Waals surface area contributed by atoms with Crippen LogP contribution in [0, 0.1) is 11.8 Å². The fourth-order valence-electron chi connectivity index (χ4n) is 2.88. The lowest BCUT2D eigenvalue weighted by Crippen LogP contribution is -2.31. The van der Waals surface area contributed by atoms with Crippen molar-refractivity contribution in [3.63, 3.8) is 0 Å². The first-order valence-electron chi connectivity index (χ1n) is 8.41. The zero-order valence-corrected chi connectivity index (χ0v) is 16.0. The molecule has 1 aromatic rings. The number of carbonyl (C=O) groups excluding carboxylic acids is 2. The topological polar surface area (TPSA) is 65.1 Å². The molecule has 0 spiro atoms. The highest BCUT2D eigenvalue weighted by atomic mass is 19.3. The Bertz CT molecular complexity index is 676. The number of likely N-dealkylation sites (tertiary alicyclic amines) is 1. The Morgan fingerprint density at radius 3 is 2.44 bits per heavy atom. The van der Waals surface area contributed by atoms with E-state index in [1.54, 1.807) is 32.1 Å². The average Bonchev–Trinajstić information content (AvgIpc) is 2.88. The largest absolute Gasteiger partial charge is 0.497 e. The maximum Gasteiger partial charge on any atom is 0.318 e. The summed E-state index contributed by atoms with van der Waals surface area (Å²) in [6, 6.07) is 5.47. The van der Waals surface area contributed by atoms with Gasteiger partial charge in [-0.25, -0.2) is 0 Å². The maximum atomic E-state index is 12.5. The number of esters is 1. The fraction of sp³-hybridized carbons (Fsp3) is 0.474. The summed E-state index contributed by atoms with van der Waals surface area (Å²) in [5, 5.41) is 0. The van der Waals surface area contributed by atoms with Gasteiger partial charge in [0.25, 0.3) is 6.08 Å². The summed E-state index contributed by atoms with van der Waals surface area (Å²) < 4.78 is 35.8. The summed E-state index contributed by atoms with van der Waals surface area (Å²) >= 11 is 0. The lowest BCUT2D eigenvalue weighted by molar-refractivity contribution is -0.153. The number of rotatable bonds is 6. The normalized spacial score (nSPS) is 18.4. The van der Waals surface area contributed by atoms with Crippen LogP contribution in [0.3, 0.4) is 0 Å². The Labute approximate surface area is 157 Å². The van der Waals surface area contributed by atoms with Gasteiger partial charge in [-0.3, -0.25) is 9.59 Å². The second-order valence-electron chi connectivity index (χ2n) is 5.94. The average molecular weight is 385 g/mol. The van der Waals surface area contributed by atoms with Crippen LogP contribution in [-0.2, 0) is 20.9 Å². The summed E-state index contributed by atoms with van der Waals surface area (Å²) in [6.45, 7) is 7.05. The molecule has 1 aliphatic rings. The Hall–Kier alpha value is -2.64. The van der Waals surface area contributed by atoms with E-state index in [0.717, 1.165) is 5.56 Å². The molecular formula is C19H25F2NO5. The van der Waals surface area contributed by atoms with Crippen LogP contribution in [0.25, 0.3) is 0 Å². The van der Waals surface area contributed by atoms with Crippen LogP contribution in [0.5, 0.6) is 11.5 Å². The molecule has 1 fully saturated rings. The van der Waals surface area contributed by atoms with Gasteiger partial charge in [-0.05, 0) is 31.6 Å². The van der Waals surface area contributed by atoms with E-state index in [9.17, 15) is 18.4 Å². The molecule has 1 aliphatic heterocycles. The minimum absolute atomic E-state index is 0.0641. The van der Waals surface area contributed by atoms with Gasteiger partial charge in [0.1, 0.15) is 17.4 Å². The zero-order chi connectivity index (χ0) is 20.6. The van der Waals surface area contributed by atoms with Crippen molar-refractivity contribution >= 4 is 11.9 Å². The van der Waals surface area contributed by atoms with E-state index in [1.807, 2.05) is 19.1 Å². The van der Waals surface area contributed by atoms with E-state index >= 15 is 0 Å². The molecule has 1 heterocycles. The van der Waals surface area contributed by atoms with Gasteiger partial charge in [0, 0.05) is 24.7 Å². The summed E-state index contributed by atoms with van der Waals surface area (Å²) in [4.78, 5) is 26.2. The first-order valence-corrected chi connectivity index (χ1v) is 8.41. The van der Waals surface area contributed by atoms with E-state index in [2.05, 4.69) is 6.58 Å². The summed E-state index contributed by atoms with van der Waals surface area (Å²) in [7, 11) is 3.16. The Morgan fingerprint density at radius 1 is 1.30 bits per heavy atom. The summed E-state index contributed by atoms with van der Waals surface area (Å²) in [5.74, 6) is -0.0477. The van der Waals surface area contributed by atoms with Crippen molar-refractivity contribution in [1.82, 2.24) is 4.90 Å². The quantitative estimate of drug-likeness (QED) is 0.556. The van der Waals surface area contributed by atoms with Gasteiger partial charge in [0.2, 0.25) is 5.91 Å². The van der Waals surface area contributed by atoms with E-state index in [0.29, 0.717) is 24.6 Å².